The van der Waals surface area contributed by atoms with E-state index in [1.54, 1.807) is 0 Å². The summed E-state index contributed by atoms with van der Waals surface area (Å²) in [5, 5.41) is 11.6. The lowest BCUT2D eigenvalue weighted by molar-refractivity contribution is -0.119. The van der Waals surface area contributed by atoms with Crippen molar-refractivity contribution in [3.05, 3.63) is 17.8 Å². The molecule has 2 saturated heterocycles. The van der Waals surface area contributed by atoms with Crippen LogP contribution >= 0.6 is 0 Å². The zero-order valence-electron chi connectivity index (χ0n) is 14.5. The molecule has 1 atom stereocenters. The number of nitrogens with zero attached hydrogens (tertiary/aromatic N) is 4. The maximum absolute atomic E-state index is 11.3. The van der Waals surface area contributed by atoms with E-state index in [1.807, 2.05) is 0 Å². The van der Waals surface area contributed by atoms with Gasteiger partial charge in [0.15, 0.2) is 5.82 Å². The van der Waals surface area contributed by atoms with Crippen molar-refractivity contribution in [2.45, 2.75) is 38.6 Å². The lowest BCUT2D eigenvalue weighted by Gasteiger charge is -2.45. The Bertz CT molecular complexity index is 559. The normalized spacial score (nSPS) is 22.4. The molecule has 0 aliphatic carbocycles. The molecule has 0 radical (unpaired) electrons. The Balaban J connectivity index is 1.49. The number of rotatable bonds is 4. The first-order valence-electron chi connectivity index (χ1n) is 8.39. The standard InChI is InChI=1S/C17H27N5O/c1-17(2,3)14-5-6-15(20-19-14)22-10-13(11-22)21(4)9-12-7-16(23)18-8-12/h5-6,12-13H,7-11H2,1-4H3,(H,18,23). The minimum atomic E-state index is 0.0377. The summed E-state index contributed by atoms with van der Waals surface area (Å²) in [6.45, 7) is 10.2. The molecule has 2 fully saturated rings. The maximum atomic E-state index is 11.3. The summed E-state index contributed by atoms with van der Waals surface area (Å²) in [6.07, 6.45) is 0.667. The smallest absolute Gasteiger partial charge is 0.220 e. The monoisotopic (exact) mass is 317 g/mol. The van der Waals surface area contributed by atoms with E-state index in [0.717, 1.165) is 37.7 Å². The highest BCUT2D eigenvalue weighted by atomic mass is 16.1. The first-order chi connectivity index (χ1) is 10.8. The molecule has 126 valence electrons. The molecule has 1 aromatic rings. The van der Waals surface area contributed by atoms with Crippen molar-refractivity contribution in [2.24, 2.45) is 5.92 Å². The van der Waals surface area contributed by atoms with Crippen LogP contribution in [0, 0.1) is 5.92 Å². The Morgan fingerprint density at radius 2 is 2.04 bits per heavy atom. The molecule has 0 aromatic carbocycles. The number of carbonyl (C=O) groups is 1. The predicted molar refractivity (Wildman–Crippen MR) is 90.5 cm³/mol. The van der Waals surface area contributed by atoms with Gasteiger partial charge < -0.3 is 10.2 Å². The molecular formula is C17H27N5O. The Kier molecular flexibility index (Phi) is 4.27. The third-order valence-electron chi connectivity index (χ3n) is 4.84. The van der Waals surface area contributed by atoms with E-state index < -0.39 is 0 Å². The highest BCUT2D eigenvalue weighted by molar-refractivity contribution is 5.78. The number of hydrogen-bond donors (Lipinski definition) is 1. The largest absolute Gasteiger partial charge is 0.356 e. The molecule has 3 rings (SSSR count). The third kappa shape index (κ3) is 3.63. The van der Waals surface area contributed by atoms with Gasteiger partial charge in [-0.3, -0.25) is 9.69 Å². The molecule has 6 heteroatoms. The number of amides is 1. The topological polar surface area (TPSA) is 61.4 Å². The van der Waals surface area contributed by atoms with Crippen LogP contribution in [0.25, 0.3) is 0 Å². The number of carbonyl (C=O) groups excluding carboxylic acids is 1. The van der Waals surface area contributed by atoms with E-state index in [1.165, 1.54) is 0 Å². The average molecular weight is 317 g/mol. The molecule has 6 nitrogen and oxygen atoms in total. The summed E-state index contributed by atoms with van der Waals surface area (Å²) in [6, 6.07) is 4.69. The van der Waals surface area contributed by atoms with Gasteiger partial charge in [-0.1, -0.05) is 20.8 Å². The molecule has 1 N–H and O–H groups in total. The zero-order valence-corrected chi connectivity index (χ0v) is 14.5. The van der Waals surface area contributed by atoms with Crippen molar-refractivity contribution >= 4 is 11.7 Å². The number of anilines is 1. The highest BCUT2D eigenvalue weighted by Crippen LogP contribution is 2.24. The van der Waals surface area contributed by atoms with Crippen LogP contribution in [0.3, 0.4) is 0 Å². The highest BCUT2D eigenvalue weighted by Gasteiger charge is 2.33. The number of likely N-dealkylation sites (N-methyl/N-ethyl adjacent to an activating group) is 1. The summed E-state index contributed by atoms with van der Waals surface area (Å²) in [7, 11) is 2.15. The zero-order chi connectivity index (χ0) is 16.6. The summed E-state index contributed by atoms with van der Waals surface area (Å²) >= 11 is 0. The second-order valence-corrected chi connectivity index (χ2v) is 7.90. The average Bonchev–Trinajstić information content (AvgIpc) is 2.82. The quantitative estimate of drug-likeness (QED) is 0.899. The second-order valence-electron chi connectivity index (χ2n) is 7.90. The Morgan fingerprint density at radius 3 is 2.57 bits per heavy atom. The van der Waals surface area contributed by atoms with Crippen LogP contribution in [0.2, 0.25) is 0 Å². The van der Waals surface area contributed by atoms with Gasteiger partial charge in [-0.2, -0.15) is 5.10 Å². The van der Waals surface area contributed by atoms with Crippen LogP contribution < -0.4 is 10.2 Å². The van der Waals surface area contributed by atoms with Crippen molar-refractivity contribution in [3.8, 4) is 0 Å². The number of aromatic nitrogens is 2. The summed E-state index contributed by atoms with van der Waals surface area (Å²) < 4.78 is 0. The molecule has 0 saturated carbocycles. The van der Waals surface area contributed by atoms with Gasteiger partial charge in [0.2, 0.25) is 5.91 Å². The first kappa shape index (κ1) is 16.2. The lowest BCUT2D eigenvalue weighted by Crippen LogP contribution is -2.59. The van der Waals surface area contributed by atoms with Gasteiger partial charge in [-0.25, -0.2) is 0 Å². The van der Waals surface area contributed by atoms with Crippen molar-refractivity contribution in [3.63, 3.8) is 0 Å². The van der Waals surface area contributed by atoms with Crippen LogP contribution in [0.4, 0.5) is 5.82 Å². The van der Waals surface area contributed by atoms with Crippen molar-refractivity contribution < 1.29 is 4.79 Å². The Labute approximate surface area is 138 Å². The van der Waals surface area contributed by atoms with E-state index in [-0.39, 0.29) is 11.3 Å². The fourth-order valence-electron chi connectivity index (χ4n) is 3.17. The number of hydrogen-bond acceptors (Lipinski definition) is 5. The fourth-order valence-corrected chi connectivity index (χ4v) is 3.17. The SMILES string of the molecule is CN(CC1CNC(=O)C1)C1CN(c2ccc(C(C)(C)C)nn2)C1. The van der Waals surface area contributed by atoms with Crippen molar-refractivity contribution in [1.29, 1.82) is 0 Å². The van der Waals surface area contributed by atoms with Crippen molar-refractivity contribution in [2.75, 3.05) is 38.1 Å². The minimum Gasteiger partial charge on any atom is -0.356 e. The van der Waals surface area contributed by atoms with Gasteiger partial charge in [-0.15, -0.1) is 5.10 Å². The molecule has 2 aliphatic rings. The Morgan fingerprint density at radius 1 is 1.30 bits per heavy atom. The van der Waals surface area contributed by atoms with Crippen LogP contribution in [0.15, 0.2) is 12.1 Å². The van der Waals surface area contributed by atoms with E-state index in [2.05, 4.69) is 65.3 Å². The molecule has 0 bridgehead atoms. The van der Waals surface area contributed by atoms with E-state index in [9.17, 15) is 4.79 Å². The summed E-state index contributed by atoms with van der Waals surface area (Å²) in [4.78, 5) is 15.9. The molecule has 0 spiro atoms. The van der Waals surface area contributed by atoms with Crippen LogP contribution in [0.5, 0.6) is 0 Å². The van der Waals surface area contributed by atoms with Gasteiger partial charge in [0, 0.05) is 44.1 Å². The Hall–Kier alpha value is -1.69. The third-order valence-corrected chi connectivity index (χ3v) is 4.84. The minimum absolute atomic E-state index is 0.0377. The second kappa shape index (κ2) is 6.07. The van der Waals surface area contributed by atoms with E-state index >= 15 is 0 Å². The van der Waals surface area contributed by atoms with Gasteiger partial charge in [0.25, 0.3) is 0 Å². The van der Waals surface area contributed by atoms with Crippen LogP contribution in [-0.4, -0.2) is 60.3 Å². The molecule has 1 aromatic heterocycles. The molecule has 1 unspecified atom stereocenters. The van der Waals surface area contributed by atoms with Gasteiger partial charge in [0.1, 0.15) is 0 Å². The fraction of sp³-hybridized carbons (Fsp3) is 0.706. The molecule has 23 heavy (non-hydrogen) atoms. The van der Waals surface area contributed by atoms with E-state index in [4.69, 9.17) is 0 Å². The molecule has 1 amide bonds. The molecular weight excluding hydrogens is 290 g/mol. The van der Waals surface area contributed by atoms with Crippen LogP contribution in [-0.2, 0) is 10.2 Å². The van der Waals surface area contributed by atoms with Gasteiger partial charge >= 0.3 is 0 Å². The lowest BCUT2D eigenvalue weighted by atomic mass is 9.92. The molecule has 3 heterocycles. The van der Waals surface area contributed by atoms with Crippen LogP contribution in [0.1, 0.15) is 32.9 Å². The van der Waals surface area contributed by atoms with Crippen molar-refractivity contribution in [1.82, 2.24) is 20.4 Å². The first-order valence-corrected chi connectivity index (χ1v) is 8.39. The predicted octanol–water partition coefficient (Wildman–Crippen LogP) is 1.03. The summed E-state index contributed by atoms with van der Waals surface area (Å²) in [5.41, 5.74) is 1.06. The maximum Gasteiger partial charge on any atom is 0.220 e. The van der Waals surface area contributed by atoms with E-state index in [0.29, 0.717) is 18.4 Å². The van der Waals surface area contributed by atoms with Gasteiger partial charge in [-0.05, 0) is 25.1 Å². The summed E-state index contributed by atoms with van der Waals surface area (Å²) in [5.74, 6) is 1.60. The number of nitrogens with one attached hydrogen (secondary N) is 1. The molecule has 2 aliphatic heterocycles. The van der Waals surface area contributed by atoms with Gasteiger partial charge in [0.05, 0.1) is 5.69 Å².